The summed E-state index contributed by atoms with van der Waals surface area (Å²) >= 11 is 0. The topological polar surface area (TPSA) is 148 Å². The standard InChI is InChI=1S/C16H5F7N4O6S2/c17-5-2(1-33-32)3(14(28)29)6(18)9(21)12(5)27-16(24-25-26-27)35-34-13-10(22)7(19)4(15(30)31)8(20)11(13)23/h32H,1H2,(H,28,29)(H,30,31). The van der Waals surface area contributed by atoms with E-state index >= 15 is 0 Å². The highest BCUT2D eigenvalue weighted by molar-refractivity contribution is 8.76. The number of aromatic nitrogens is 4. The third kappa shape index (κ3) is 4.49. The van der Waals surface area contributed by atoms with E-state index in [0.29, 0.717) is 0 Å². The predicted octanol–water partition coefficient (Wildman–Crippen LogP) is 3.82. The highest BCUT2D eigenvalue weighted by Crippen LogP contribution is 2.42. The number of carboxylic acid groups (broad SMARTS) is 2. The first kappa shape index (κ1) is 26.2. The van der Waals surface area contributed by atoms with Crippen LogP contribution in [0.25, 0.3) is 5.69 Å². The van der Waals surface area contributed by atoms with Crippen molar-refractivity contribution >= 4 is 33.5 Å². The van der Waals surface area contributed by atoms with Crippen LogP contribution in [0.1, 0.15) is 26.3 Å². The molecule has 10 nitrogen and oxygen atoms in total. The second kappa shape index (κ2) is 10.1. The van der Waals surface area contributed by atoms with E-state index in [1.807, 2.05) is 0 Å². The van der Waals surface area contributed by atoms with Crippen LogP contribution in [0, 0.1) is 40.7 Å². The number of aromatic carboxylic acids is 2. The first-order chi connectivity index (χ1) is 16.4. The molecule has 0 atom stereocenters. The van der Waals surface area contributed by atoms with Gasteiger partial charge in [0.25, 0.3) is 0 Å². The van der Waals surface area contributed by atoms with Gasteiger partial charge in [-0.2, -0.15) is 4.68 Å². The van der Waals surface area contributed by atoms with Crippen molar-refractivity contribution in [1.82, 2.24) is 20.2 Å². The van der Waals surface area contributed by atoms with Gasteiger partial charge >= 0.3 is 11.9 Å². The number of tetrazole rings is 1. The summed E-state index contributed by atoms with van der Waals surface area (Å²) in [5.74, 6) is -19.2. The molecule has 35 heavy (non-hydrogen) atoms. The fraction of sp³-hybridized carbons (Fsp3) is 0.0625. The molecule has 0 fully saturated rings. The molecule has 0 unspecified atom stereocenters. The van der Waals surface area contributed by atoms with E-state index in [4.69, 9.17) is 15.5 Å². The fourth-order valence-corrected chi connectivity index (χ4v) is 4.60. The van der Waals surface area contributed by atoms with Crippen molar-refractivity contribution in [2.75, 3.05) is 0 Å². The van der Waals surface area contributed by atoms with Crippen LogP contribution < -0.4 is 0 Å². The lowest BCUT2D eigenvalue weighted by atomic mass is 10.0. The van der Waals surface area contributed by atoms with Crippen LogP contribution in [-0.2, 0) is 11.5 Å². The average Bonchev–Trinajstić information content (AvgIpc) is 3.24. The zero-order valence-corrected chi connectivity index (χ0v) is 17.7. The van der Waals surface area contributed by atoms with Crippen LogP contribution >= 0.6 is 21.6 Å². The average molecular weight is 546 g/mol. The second-order valence-electron chi connectivity index (χ2n) is 6.03. The van der Waals surface area contributed by atoms with Crippen LogP contribution in [0.15, 0.2) is 10.1 Å². The lowest BCUT2D eigenvalue weighted by Gasteiger charge is -2.14. The van der Waals surface area contributed by atoms with Gasteiger partial charge in [0.2, 0.25) is 5.16 Å². The van der Waals surface area contributed by atoms with Crippen molar-refractivity contribution in [3.63, 3.8) is 0 Å². The monoisotopic (exact) mass is 546 g/mol. The molecule has 3 rings (SSSR count). The first-order valence-electron chi connectivity index (χ1n) is 8.35. The van der Waals surface area contributed by atoms with Crippen LogP contribution in [-0.4, -0.2) is 47.6 Å². The Morgan fingerprint density at radius 1 is 0.800 bits per heavy atom. The molecular weight excluding hydrogens is 541 g/mol. The molecule has 0 amide bonds. The summed E-state index contributed by atoms with van der Waals surface area (Å²) in [5, 5.41) is 35.0. The number of carboxylic acids is 2. The lowest BCUT2D eigenvalue weighted by molar-refractivity contribution is -0.253. The number of hydrogen-bond acceptors (Lipinski definition) is 9. The Kier molecular flexibility index (Phi) is 7.53. The predicted molar refractivity (Wildman–Crippen MR) is 98.4 cm³/mol. The van der Waals surface area contributed by atoms with Crippen LogP contribution in [0.4, 0.5) is 30.7 Å². The van der Waals surface area contributed by atoms with Gasteiger partial charge in [-0.25, -0.2) is 45.2 Å². The smallest absolute Gasteiger partial charge is 0.341 e. The number of halogens is 7. The van der Waals surface area contributed by atoms with E-state index in [0.717, 1.165) is 0 Å². The first-order valence-corrected chi connectivity index (χ1v) is 10.5. The number of benzene rings is 2. The fourth-order valence-electron chi connectivity index (χ4n) is 2.63. The van der Waals surface area contributed by atoms with E-state index in [1.54, 1.807) is 0 Å². The van der Waals surface area contributed by atoms with Gasteiger partial charge in [0.1, 0.15) is 23.4 Å². The molecular formula is C16H5F7N4O6S2. The van der Waals surface area contributed by atoms with Crippen LogP contribution in [0.5, 0.6) is 0 Å². The van der Waals surface area contributed by atoms with E-state index in [1.165, 1.54) is 0 Å². The Hall–Kier alpha value is -3.42. The molecule has 0 bridgehead atoms. The van der Waals surface area contributed by atoms with Gasteiger partial charge in [-0.1, -0.05) is 0 Å². The molecule has 0 aliphatic rings. The van der Waals surface area contributed by atoms with Crippen LogP contribution in [0.2, 0.25) is 0 Å². The molecule has 0 aliphatic heterocycles. The van der Waals surface area contributed by atoms with E-state index in [2.05, 4.69) is 20.4 Å². The summed E-state index contributed by atoms with van der Waals surface area (Å²) < 4.78 is 100. The minimum atomic E-state index is -2.30. The highest BCUT2D eigenvalue weighted by atomic mass is 33.1. The SMILES string of the molecule is O=C(O)c1c(F)c(F)c(SSc2nnnn2-c2c(F)c(F)c(C(=O)O)c(COO)c2F)c(F)c1F. The van der Waals surface area contributed by atoms with Gasteiger partial charge in [0.05, 0.1) is 4.90 Å². The molecule has 0 spiro atoms. The quantitative estimate of drug-likeness (QED) is 0.125. The Morgan fingerprint density at radius 2 is 1.34 bits per heavy atom. The summed E-state index contributed by atoms with van der Waals surface area (Å²) in [4.78, 5) is 24.2. The van der Waals surface area contributed by atoms with Crippen molar-refractivity contribution in [2.45, 2.75) is 16.7 Å². The maximum atomic E-state index is 14.9. The minimum absolute atomic E-state index is 0.0446. The Bertz CT molecular complexity index is 1340. The second-order valence-corrected chi connectivity index (χ2v) is 8.13. The van der Waals surface area contributed by atoms with Gasteiger partial charge < -0.3 is 10.2 Å². The molecule has 1 heterocycles. The summed E-state index contributed by atoms with van der Waals surface area (Å²) in [6, 6.07) is 0. The third-order valence-electron chi connectivity index (χ3n) is 4.11. The largest absolute Gasteiger partial charge is 0.478 e. The minimum Gasteiger partial charge on any atom is -0.478 e. The molecule has 0 saturated heterocycles. The maximum Gasteiger partial charge on any atom is 0.341 e. The molecule has 1 aromatic heterocycles. The molecule has 3 N–H and O–H groups in total. The van der Waals surface area contributed by atoms with Crippen molar-refractivity contribution in [2.24, 2.45) is 0 Å². The summed E-state index contributed by atoms with van der Waals surface area (Å²) in [5.41, 5.74) is -6.04. The molecule has 0 radical (unpaired) electrons. The maximum absolute atomic E-state index is 14.9. The zero-order chi connectivity index (χ0) is 26.2. The zero-order valence-electron chi connectivity index (χ0n) is 16.0. The van der Waals surface area contributed by atoms with Gasteiger partial charge in [-0.3, -0.25) is 5.26 Å². The van der Waals surface area contributed by atoms with Gasteiger partial charge in [0.15, 0.2) is 40.7 Å². The van der Waals surface area contributed by atoms with Crippen molar-refractivity contribution in [1.29, 1.82) is 0 Å². The molecule has 2 aromatic carbocycles. The summed E-state index contributed by atoms with van der Waals surface area (Å²) in [6.45, 7) is -1.26. The number of carbonyl (C=O) groups is 2. The lowest BCUT2D eigenvalue weighted by Crippen LogP contribution is -2.17. The number of rotatable bonds is 8. The molecule has 0 aliphatic carbocycles. The molecule has 0 saturated carbocycles. The molecule has 19 heteroatoms. The Morgan fingerprint density at radius 3 is 1.86 bits per heavy atom. The molecule has 186 valence electrons. The summed E-state index contributed by atoms with van der Waals surface area (Å²) in [7, 11) is -0.0950. The number of nitrogens with zero attached hydrogens (tertiary/aromatic N) is 4. The van der Waals surface area contributed by atoms with Gasteiger partial charge in [0, 0.05) is 5.56 Å². The van der Waals surface area contributed by atoms with Crippen molar-refractivity contribution < 1.29 is 60.7 Å². The number of hydrogen-bond donors (Lipinski definition) is 3. The van der Waals surface area contributed by atoms with Gasteiger partial charge in [-0.15, -0.1) is 5.10 Å². The highest BCUT2D eigenvalue weighted by Gasteiger charge is 2.33. The van der Waals surface area contributed by atoms with Gasteiger partial charge in [-0.05, 0) is 32.0 Å². The van der Waals surface area contributed by atoms with Crippen molar-refractivity contribution in [3.8, 4) is 5.69 Å². The van der Waals surface area contributed by atoms with E-state index in [9.17, 15) is 40.3 Å². The molecule has 3 aromatic rings. The Balaban J connectivity index is 2.09. The van der Waals surface area contributed by atoms with E-state index in [-0.39, 0.29) is 26.3 Å². The van der Waals surface area contributed by atoms with Crippen LogP contribution in [0.3, 0.4) is 0 Å². The Labute approximate surface area is 194 Å². The van der Waals surface area contributed by atoms with Crippen molar-refractivity contribution in [3.05, 3.63) is 57.4 Å². The third-order valence-corrected chi connectivity index (χ3v) is 6.32. The van der Waals surface area contributed by atoms with E-state index < -0.39 is 91.7 Å². The normalized spacial score (nSPS) is 11.2. The summed E-state index contributed by atoms with van der Waals surface area (Å²) in [6.07, 6.45) is 0.